The van der Waals surface area contributed by atoms with Crippen LogP contribution in [0.3, 0.4) is 0 Å². The van der Waals surface area contributed by atoms with Crippen LogP contribution < -0.4 is 0 Å². The Bertz CT molecular complexity index is 2420. The van der Waals surface area contributed by atoms with Crippen LogP contribution in [0.5, 0.6) is 0 Å². The Morgan fingerprint density at radius 2 is 1.32 bits per heavy atom. The van der Waals surface area contributed by atoms with Crippen molar-refractivity contribution >= 4 is 87.3 Å². The molecule has 3 atom stereocenters. The second kappa shape index (κ2) is 31.4. The molecule has 5 fully saturated rings. The summed E-state index contributed by atoms with van der Waals surface area (Å²) in [5.74, 6) is 0.816. The lowest BCUT2D eigenvalue weighted by molar-refractivity contribution is -0.147. The van der Waals surface area contributed by atoms with Crippen molar-refractivity contribution < 1.29 is 28.8 Å². The smallest absolute Gasteiger partial charge is 0.253 e. The zero-order valence-electron chi connectivity index (χ0n) is 46.2. The minimum atomic E-state index is -0.147. The Morgan fingerprint density at radius 1 is 0.727 bits per heavy atom. The van der Waals surface area contributed by atoms with Crippen LogP contribution in [-0.4, -0.2) is 170 Å². The number of morpholine rings is 1. The molecule has 5 aliphatic heterocycles. The molecule has 13 nitrogen and oxygen atoms in total. The average molecular weight is 1160 g/mol. The number of oxime groups is 1. The highest BCUT2D eigenvalue weighted by Gasteiger charge is 2.37. The van der Waals surface area contributed by atoms with Gasteiger partial charge in [0.1, 0.15) is 7.11 Å². The van der Waals surface area contributed by atoms with E-state index in [0.29, 0.717) is 99.6 Å². The third-order valence-electron chi connectivity index (χ3n) is 15.8. The van der Waals surface area contributed by atoms with Crippen molar-refractivity contribution in [2.24, 2.45) is 11.1 Å². The molecule has 3 aromatic carbocycles. The summed E-state index contributed by atoms with van der Waals surface area (Å²) in [6, 6.07) is 17.5. The number of carbonyl (C=O) groups excluding carboxylic acids is 4. The van der Waals surface area contributed by atoms with Crippen LogP contribution in [0.25, 0.3) is 0 Å². The normalized spacial score (nSPS) is 20.2. The highest BCUT2D eigenvalue weighted by atomic mass is 35.5. The maximum absolute atomic E-state index is 13.0. The quantitative estimate of drug-likeness (QED) is 0.103. The number of benzene rings is 3. The maximum atomic E-state index is 13.0. The molecule has 5 aliphatic rings. The van der Waals surface area contributed by atoms with Crippen LogP contribution in [-0.2, 0) is 24.0 Å². The molecule has 0 radical (unpaired) electrons. The summed E-state index contributed by atoms with van der Waals surface area (Å²) in [5.41, 5.74) is 4.32. The zero-order chi connectivity index (χ0) is 55.6. The molecule has 3 unspecified atom stereocenters. The summed E-state index contributed by atoms with van der Waals surface area (Å²) >= 11 is 30.3. The third kappa shape index (κ3) is 18.7. The van der Waals surface area contributed by atoms with Gasteiger partial charge in [0.15, 0.2) is 0 Å². The number of ether oxygens (including phenoxy) is 1. The summed E-state index contributed by atoms with van der Waals surface area (Å²) in [6.07, 6.45) is 12.0. The highest BCUT2D eigenvalue weighted by molar-refractivity contribution is 6.42. The molecule has 5 saturated heterocycles. The minimum absolute atomic E-state index is 0.113. The number of carbonyl (C=O) groups is 4. The minimum Gasteiger partial charge on any atom is -0.399 e. The van der Waals surface area contributed by atoms with Gasteiger partial charge in [-0.3, -0.25) is 19.2 Å². The average Bonchev–Trinajstić information content (AvgIpc) is 3.43. The van der Waals surface area contributed by atoms with Gasteiger partial charge in [-0.25, -0.2) is 0 Å². The first kappa shape index (κ1) is 62.5. The van der Waals surface area contributed by atoms with E-state index in [9.17, 15) is 19.2 Å². The fourth-order valence-corrected chi connectivity index (χ4v) is 12.1. The Hall–Kier alpha value is -3.66. The Morgan fingerprint density at radius 3 is 1.92 bits per heavy atom. The van der Waals surface area contributed by atoms with Gasteiger partial charge in [-0.1, -0.05) is 96.1 Å². The molecule has 424 valence electrons. The Balaban J connectivity index is 0.000000187. The summed E-state index contributed by atoms with van der Waals surface area (Å²) in [6.45, 7) is 19.7. The van der Waals surface area contributed by atoms with E-state index in [2.05, 4.69) is 44.7 Å². The molecule has 0 N–H and O–H groups in total. The van der Waals surface area contributed by atoms with E-state index in [-0.39, 0.29) is 29.6 Å². The van der Waals surface area contributed by atoms with Gasteiger partial charge in [-0.05, 0) is 149 Å². The van der Waals surface area contributed by atoms with Gasteiger partial charge in [0.25, 0.3) is 5.91 Å². The fraction of sp³-hybridized carbons (Fsp3) is 0.610. The van der Waals surface area contributed by atoms with Crippen molar-refractivity contribution in [1.82, 2.24) is 29.4 Å². The molecule has 0 spiro atoms. The lowest BCUT2D eigenvalue weighted by Gasteiger charge is -2.42. The Labute approximate surface area is 483 Å². The summed E-state index contributed by atoms with van der Waals surface area (Å²) in [5, 5.41) is 6.86. The molecule has 0 aromatic heterocycles. The van der Waals surface area contributed by atoms with E-state index in [1.807, 2.05) is 43.0 Å². The number of aryl methyl sites for hydroxylation is 1. The lowest BCUT2D eigenvalue weighted by Crippen LogP contribution is -2.52. The maximum Gasteiger partial charge on any atom is 0.253 e. The number of amides is 4. The predicted octanol–water partition coefficient (Wildman–Crippen LogP) is 12.1. The summed E-state index contributed by atoms with van der Waals surface area (Å²) in [7, 11) is 3.19. The zero-order valence-corrected chi connectivity index (χ0v) is 50.0. The number of hydrogen-bond donors (Lipinski definition) is 0. The van der Waals surface area contributed by atoms with E-state index in [1.165, 1.54) is 25.5 Å². The van der Waals surface area contributed by atoms with Gasteiger partial charge in [0.2, 0.25) is 17.7 Å². The summed E-state index contributed by atoms with van der Waals surface area (Å²) in [4.78, 5) is 68.1. The molecule has 4 amide bonds. The van der Waals surface area contributed by atoms with E-state index in [0.717, 1.165) is 121 Å². The molecule has 18 heteroatoms. The molecule has 5 heterocycles. The molecule has 8 rings (SSSR count). The fourth-order valence-electron chi connectivity index (χ4n) is 11.2. The van der Waals surface area contributed by atoms with Gasteiger partial charge in [-0.2, -0.15) is 0 Å². The number of nitrogens with zero attached hydrogens (tertiary/aromatic N) is 7. The molecule has 0 aliphatic carbocycles. The first-order valence-electron chi connectivity index (χ1n) is 27.9. The monoisotopic (exact) mass is 1160 g/mol. The second-order valence-corrected chi connectivity index (χ2v) is 23.5. The van der Waals surface area contributed by atoms with Gasteiger partial charge < -0.3 is 39.0 Å². The number of piperidine rings is 4. The number of likely N-dealkylation sites (tertiary alicyclic amines) is 4. The lowest BCUT2D eigenvalue weighted by atomic mass is 9.90. The van der Waals surface area contributed by atoms with Crippen LogP contribution in [0.15, 0.2) is 59.8 Å². The van der Waals surface area contributed by atoms with E-state index in [1.54, 1.807) is 36.2 Å². The van der Waals surface area contributed by atoms with E-state index in [4.69, 9.17) is 67.6 Å². The first-order chi connectivity index (χ1) is 37.0. The van der Waals surface area contributed by atoms with E-state index < -0.39 is 0 Å². The topological polar surface area (TPSA) is 119 Å². The van der Waals surface area contributed by atoms with Crippen LogP contribution >= 0.6 is 58.0 Å². The molecular formula is C59H82Cl5N7O6. The van der Waals surface area contributed by atoms with Crippen molar-refractivity contribution in [2.75, 3.05) is 99.4 Å². The standard InChI is InChI=1S/C20H21Cl3N2O2.C20H28Cl2N2O.C19H33N3O3/c1-12-7-15(9-16(21)8-12)20(26)25(3)11-19(24-27-4)13(2)14-5-6-17(22)18(23)10-14;1-15(16-5-6-18(21)19(22)14-16)7-11-23-12-8-17(9-13-23)24-10-3-2-4-20(24)25;1-2-7-20-9-5-17(6-10-20)22-8-3-4-16(19(22)24)15-18(23)21-11-13-25-14-12-21/h5-10,13H,11H2,1-4H3;5-6,14-15,17H,2-4,7-13H2,1H3;16-17H,2-15H2,1H3/b24-19-;;. The van der Waals surface area contributed by atoms with Gasteiger partial charge in [-0.15, -0.1) is 0 Å². The second-order valence-electron chi connectivity index (χ2n) is 21.5. The van der Waals surface area contributed by atoms with Crippen molar-refractivity contribution in [3.63, 3.8) is 0 Å². The highest BCUT2D eigenvalue weighted by Crippen LogP contribution is 2.31. The summed E-state index contributed by atoms with van der Waals surface area (Å²) < 4.78 is 5.31. The van der Waals surface area contributed by atoms with Gasteiger partial charge in [0.05, 0.1) is 45.6 Å². The van der Waals surface area contributed by atoms with Gasteiger partial charge >= 0.3 is 0 Å². The predicted molar refractivity (Wildman–Crippen MR) is 313 cm³/mol. The SMILES string of the molecule is CC(CCN1CCC(N2CCCCC2=O)CC1)c1ccc(Cl)c(Cl)c1.CCCN1CCC(N2CCCC(CC(=O)N3CCOCC3)C2=O)CC1.CO/N=C(/CN(C)C(=O)c1cc(C)cc(Cl)c1)C(C)c1ccc(Cl)c(Cl)c1. The number of halogens is 5. The largest absolute Gasteiger partial charge is 0.399 e. The molecule has 3 aromatic rings. The number of hydrogen-bond acceptors (Lipinski definition) is 9. The molecule has 77 heavy (non-hydrogen) atoms. The van der Waals surface area contributed by atoms with Crippen LogP contribution in [0.4, 0.5) is 0 Å². The molecular weight excluding hydrogens is 1080 g/mol. The van der Waals surface area contributed by atoms with Crippen molar-refractivity contribution in [3.8, 4) is 0 Å². The number of rotatable bonds is 16. The first-order valence-corrected chi connectivity index (χ1v) is 29.8. The van der Waals surface area contributed by atoms with Crippen molar-refractivity contribution in [3.05, 3.63) is 102 Å². The Kier molecular flexibility index (Phi) is 25.5. The van der Waals surface area contributed by atoms with Gasteiger partial charge in [0, 0.05) is 107 Å². The molecule has 0 saturated carbocycles. The van der Waals surface area contributed by atoms with Crippen LogP contribution in [0.2, 0.25) is 25.1 Å². The van der Waals surface area contributed by atoms with Crippen LogP contribution in [0.1, 0.15) is 137 Å². The van der Waals surface area contributed by atoms with E-state index >= 15 is 0 Å². The van der Waals surface area contributed by atoms with Crippen molar-refractivity contribution in [1.29, 1.82) is 0 Å². The third-order valence-corrected chi connectivity index (χ3v) is 17.5. The van der Waals surface area contributed by atoms with Crippen molar-refractivity contribution in [2.45, 2.75) is 129 Å². The molecule has 0 bridgehead atoms. The van der Waals surface area contributed by atoms with Crippen LogP contribution in [0, 0.1) is 12.8 Å².